The van der Waals surface area contributed by atoms with Crippen LogP contribution in [0.5, 0.6) is 0 Å². The van der Waals surface area contributed by atoms with Gasteiger partial charge in [0.05, 0.1) is 16.6 Å². The first-order valence-electron chi connectivity index (χ1n) is 9.27. The number of aromatic nitrogens is 3. The number of hydrogen-bond donors (Lipinski definition) is 1. The van der Waals surface area contributed by atoms with Crippen molar-refractivity contribution in [1.82, 2.24) is 25.0 Å². The van der Waals surface area contributed by atoms with E-state index in [4.69, 9.17) is 0 Å². The SMILES string of the molecule is Cc1cc(C(=O)NC2CC3CCCC(C2)N3C)c2c(C)nn(C)c2n1. The number of pyridine rings is 1. The van der Waals surface area contributed by atoms with Gasteiger partial charge in [0.1, 0.15) is 0 Å². The van der Waals surface area contributed by atoms with Gasteiger partial charge >= 0.3 is 0 Å². The third kappa shape index (κ3) is 2.82. The van der Waals surface area contributed by atoms with Crippen LogP contribution in [0.3, 0.4) is 0 Å². The van der Waals surface area contributed by atoms with Crippen molar-refractivity contribution < 1.29 is 4.79 Å². The molecule has 2 aliphatic rings. The van der Waals surface area contributed by atoms with E-state index in [-0.39, 0.29) is 11.9 Å². The normalized spacial score (nSPS) is 26.8. The minimum Gasteiger partial charge on any atom is -0.349 e. The number of piperidine rings is 2. The molecule has 1 N–H and O–H groups in total. The Hall–Kier alpha value is -1.95. The van der Waals surface area contributed by atoms with Crippen molar-refractivity contribution in [2.45, 2.75) is 64.1 Å². The molecule has 4 heterocycles. The van der Waals surface area contributed by atoms with Crippen LogP contribution in [0.25, 0.3) is 11.0 Å². The molecule has 1 amide bonds. The van der Waals surface area contributed by atoms with E-state index in [1.54, 1.807) is 4.68 Å². The van der Waals surface area contributed by atoms with E-state index in [0.29, 0.717) is 17.6 Å². The summed E-state index contributed by atoms with van der Waals surface area (Å²) in [6, 6.07) is 3.37. The Morgan fingerprint density at radius 1 is 1.20 bits per heavy atom. The van der Waals surface area contributed by atoms with Gasteiger partial charge in [0.25, 0.3) is 5.91 Å². The van der Waals surface area contributed by atoms with E-state index in [0.717, 1.165) is 35.3 Å². The maximum absolute atomic E-state index is 13.1. The van der Waals surface area contributed by atoms with E-state index < -0.39 is 0 Å². The summed E-state index contributed by atoms with van der Waals surface area (Å²) in [7, 11) is 4.11. The van der Waals surface area contributed by atoms with Crippen molar-refractivity contribution in [1.29, 1.82) is 0 Å². The minimum absolute atomic E-state index is 0.0132. The molecule has 4 rings (SSSR count). The molecule has 6 heteroatoms. The molecule has 2 aliphatic heterocycles. The van der Waals surface area contributed by atoms with Gasteiger partial charge in [-0.3, -0.25) is 9.48 Å². The summed E-state index contributed by atoms with van der Waals surface area (Å²) in [6.45, 7) is 3.87. The number of hydrogen-bond acceptors (Lipinski definition) is 4. The maximum atomic E-state index is 13.1. The number of amides is 1. The van der Waals surface area contributed by atoms with Crippen molar-refractivity contribution >= 4 is 16.9 Å². The summed E-state index contributed by atoms with van der Waals surface area (Å²) < 4.78 is 1.76. The maximum Gasteiger partial charge on any atom is 0.252 e. The summed E-state index contributed by atoms with van der Waals surface area (Å²) in [4.78, 5) is 20.1. The van der Waals surface area contributed by atoms with E-state index in [1.807, 2.05) is 27.0 Å². The zero-order chi connectivity index (χ0) is 17.7. The first kappa shape index (κ1) is 16.5. The molecule has 2 atom stereocenters. The lowest BCUT2D eigenvalue weighted by Crippen LogP contribution is -2.55. The Bertz CT molecular complexity index is 813. The average molecular weight is 341 g/mol. The van der Waals surface area contributed by atoms with Gasteiger partial charge in [-0.15, -0.1) is 0 Å². The number of fused-ring (bicyclic) bond motifs is 3. The molecule has 6 nitrogen and oxygen atoms in total. The Morgan fingerprint density at radius 3 is 2.56 bits per heavy atom. The molecule has 2 aromatic rings. The quantitative estimate of drug-likeness (QED) is 0.911. The third-order valence-corrected chi connectivity index (χ3v) is 6.02. The Kier molecular flexibility index (Phi) is 4.02. The Balaban J connectivity index is 1.61. The molecule has 0 spiro atoms. The van der Waals surface area contributed by atoms with Crippen LogP contribution in [0, 0.1) is 13.8 Å². The molecule has 2 aromatic heterocycles. The van der Waals surface area contributed by atoms with E-state index in [9.17, 15) is 4.79 Å². The van der Waals surface area contributed by atoms with Crippen LogP contribution in [-0.4, -0.2) is 50.7 Å². The summed E-state index contributed by atoms with van der Waals surface area (Å²) in [6.07, 6.45) is 5.93. The summed E-state index contributed by atoms with van der Waals surface area (Å²) in [5.74, 6) is 0.0132. The van der Waals surface area contributed by atoms with E-state index in [2.05, 4.69) is 27.3 Å². The molecule has 2 unspecified atom stereocenters. The first-order chi connectivity index (χ1) is 11.9. The fourth-order valence-corrected chi connectivity index (χ4v) is 4.75. The van der Waals surface area contributed by atoms with Gasteiger partial charge in [-0.1, -0.05) is 6.42 Å². The number of aryl methyl sites for hydroxylation is 3. The number of rotatable bonds is 2. The molecule has 2 bridgehead atoms. The number of carbonyl (C=O) groups excluding carboxylic acids is 1. The molecule has 0 saturated carbocycles. The van der Waals surface area contributed by atoms with Crippen LogP contribution in [0.4, 0.5) is 0 Å². The second-order valence-corrected chi connectivity index (χ2v) is 7.76. The van der Waals surface area contributed by atoms with Crippen LogP contribution in [-0.2, 0) is 7.05 Å². The highest BCUT2D eigenvalue weighted by atomic mass is 16.1. The molecule has 0 radical (unpaired) electrons. The number of nitrogens with zero attached hydrogens (tertiary/aromatic N) is 4. The summed E-state index contributed by atoms with van der Waals surface area (Å²) in [5, 5.41) is 8.63. The fraction of sp³-hybridized carbons (Fsp3) is 0.632. The zero-order valence-corrected chi connectivity index (χ0v) is 15.5. The van der Waals surface area contributed by atoms with Crippen molar-refractivity contribution in [3.8, 4) is 0 Å². The molecule has 2 saturated heterocycles. The van der Waals surface area contributed by atoms with E-state index in [1.165, 1.54) is 19.3 Å². The van der Waals surface area contributed by atoms with Gasteiger partial charge in [0, 0.05) is 30.9 Å². The Labute approximate surface area is 148 Å². The van der Waals surface area contributed by atoms with Crippen LogP contribution in [0.15, 0.2) is 6.07 Å². The topological polar surface area (TPSA) is 63.1 Å². The van der Waals surface area contributed by atoms with Gasteiger partial charge < -0.3 is 10.2 Å². The van der Waals surface area contributed by atoms with Crippen LogP contribution >= 0.6 is 0 Å². The van der Waals surface area contributed by atoms with Crippen molar-refractivity contribution in [2.24, 2.45) is 7.05 Å². The highest BCUT2D eigenvalue weighted by Crippen LogP contribution is 2.33. The lowest BCUT2D eigenvalue weighted by Gasteiger charge is -2.47. The van der Waals surface area contributed by atoms with Gasteiger partial charge in [0.2, 0.25) is 0 Å². The molecular formula is C19H27N5O. The van der Waals surface area contributed by atoms with Gasteiger partial charge in [0.15, 0.2) is 5.65 Å². The standard InChI is InChI=1S/C19H27N5O/c1-11-8-16(17-12(2)22-24(4)18(17)20-11)19(25)21-13-9-14-6-5-7-15(10-13)23(14)3/h8,13-15H,5-7,9-10H2,1-4H3,(H,21,25). The highest BCUT2D eigenvalue weighted by molar-refractivity contribution is 6.06. The summed E-state index contributed by atoms with van der Waals surface area (Å²) >= 11 is 0. The molecule has 25 heavy (non-hydrogen) atoms. The minimum atomic E-state index is 0.0132. The third-order valence-electron chi connectivity index (χ3n) is 6.02. The number of nitrogens with one attached hydrogen (secondary N) is 1. The van der Waals surface area contributed by atoms with Gasteiger partial charge in [-0.05, 0) is 52.6 Å². The van der Waals surface area contributed by atoms with Crippen molar-refractivity contribution in [3.63, 3.8) is 0 Å². The van der Waals surface area contributed by atoms with Gasteiger partial charge in [-0.25, -0.2) is 4.98 Å². The van der Waals surface area contributed by atoms with Crippen molar-refractivity contribution in [3.05, 3.63) is 23.0 Å². The highest BCUT2D eigenvalue weighted by Gasteiger charge is 2.36. The molecule has 134 valence electrons. The predicted molar refractivity (Wildman–Crippen MR) is 97.7 cm³/mol. The zero-order valence-electron chi connectivity index (χ0n) is 15.5. The van der Waals surface area contributed by atoms with Crippen LogP contribution in [0.2, 0.25) is 0 Å². The lowest BCUT2D eigenvalue weighted by molar-refractivity contribution is 0.0463. The molecule has 2 fully saturated rings. The van der Waals surface area contributed by atoms with Crippen LogP contribution in [0.1, 0.15) is 53.8 Å². The molecular weight excluding hydrogens is 314 g/mol. The monoisotopic (exact) mass is 341 g/mol. The largest absolute Gasteiger partial charge is 0.349 e. The van der Waals surface area contributed by atoms with Gasteiger partial charge in [-0.2, -0.15) is 5.10 Å². The first-order valence-corrected chi connectivity index (χ1v) is 9.27. The number of carbonyl (C=O) groups is 1. The lowest BCUT2D eigenvalue weighted by atomic mass is 9.82. The molecule has 0 aliphatic carbocycles. The van der Waals surface area contributed by atoms with E-state index >= 15 is 0 Å². The predicted octanol–water partition coefficient (Wildman–Crippen LogP) is 2.33. The second-order valence-electron chi connectivity index (χ2n) is 7.76. The van der Waals surface area contributed by atoms with Crippen LogP contribution < -0.4 is 5.32 Å². The fourth-order valence-electron chi connectivity index (χ4n) is 4.75. The average Bonchev–Trinajstić information content (AvgIpc) is 2.82. The molecule has 0 aromatic carbocycles. The smallest absolute Gasteiger partial charge is 0.252 e. The Morgan fingerprint density at radius 2 is 1.88 bits per heavy atom. The van der Waals surface area contributed by atoms with Crippen molar-refractivity contribution in [2.75, 3.05) is 7.05 Å². The second kappa shape index (κ2) is 6.09. The summed E-state index contributed by atoms with van der Waals surface area (Å²) in [5.41, 5.74) is 3.19.